The highest BCUT2D eigenvalue weighted by Gasteiger charge is 2.36. The molecule has 0 bridgehead atoms. The largest absolute Gasteiger partial charge is 0.497 e. The van der Waals surface area contributed by atoms with Crippen LogP contribution in [-0.4, -0.2) is 56.6 Å². The molecule has 2 N–H and O–H groups in total. The Balaban J connectivity index is 0.00000420. The van der Waals surface area contributed by atoms with E-state index >= 15 is 0 Å². The van der Waals surface area contributed by atoms with E-state index in [0.717, 1.165) is 31.1 Å². The predicted octanol–water partition coefficient (Wildman–Crippen LogP) is 3.55. The van der Waals surface area contributed by atoms with Gasteiger partial charge < -0.3 is 20.3 Å². The van der Waals surface area contributed by atoms with E-state index in [1.807, 2.05) is 38.8 Å². The molecule has 7 heteroatoms. The van der Waals surface area contributed by atoms with E-state index in [9.17, 15) is 4.79 Å². The van der Waals surface area contributed by atoms with Gasteiger partial charge in [0.15, 0.2) is 5.96 Å². The third-order valence-electron chi connectivity index (χ3n) is 5.30. The van der Waals surface area contributed by atoms with Crippen LogP contribution in [0.3, 0.4) is 0 Å². The predicted molar refractivity (Wildman–Crippen MR) is 130 cm³/mol. The average Bonchev–Trinajstić information content (AvgIpc) is 3.10. The number of hydrogen-bond donors (Lipinski definition) is 2. The van der Waals surface area contributed by atoms with Gasteiger partial charge in [-0.1, -0.05) is 25.0 Å². The molecule has 2 rings (SSSR count). The number of carbonyl (C=O) groups is 1. The van der Waals surface area contributed by atoms with Crippen molar-refractivity contribution in [2.45, 2.75) is 57.4 Å². The molecule has 0 aliphatic heterocycles. The summed E-state index contributed by atoms with van der Waals surface area (Å²) >= 11 is 0. The van der Waals surface area contributed by atoms with Crippen molar-refractivity contribution in [3.8, 4) is 5.75 Å². The second-order valence-electron chi connectivity index (χ2n) is 8.77. The Kier molecular flexibility index (Phi) is 9.71. The third kappa shape index (κ3) is 7.35. The van der Waals surface area contributed by atoms with Crippen LogP contribution >= 0.6 is 24.0 Å². The Bertz CT molecular complexity index is 694. The van der Waals surface area contributed by atoms with Crippen LogP contribution in [-0.2, 0) is 10.2 Å². The van der Waals surface area contributed by atoms with Gasteiger partial charge in [0.1, 0.15) is 5.75 Å². The summed E-state index contributed by atoms with van der Waals surface area (Å²) < 4.78 is 5.43. The number of likely N-dealkylation sites (N-methyl/N-ethyl adjacent to an activating group) is 1. The summed E-state index contributed by atoms with van der Waals surface area (Å²) in [6, 6.07) is 8.39. The van der Waals surface area contributed by atoms with Crippen LogP contribution in [0.4, 0.5) is 0 Å². The van der Waals surface area contributed by atoms with Crippen LogP contribution in [0.25, 0.3) is 0 Å². The van der Waals surface area contributed by atoms with E-state index in [1.54, 1.807) is 14.2 Å². The van der Waals surface area contributed by atoms with E-state index in [2.05, 4.69) is 33.8 Å². The summed E-state index contributed by atoms with van der Waals surface area (Å²) in [5.74, 6) is 1.61. The Morgan fingerprint density at radius 3 is 2.48 bits per heavy atom. The fourth-order valence-electron chi connectivity index (χ4n) is 3.95. The monoisotopic (exact) mass is 516 g/mol. The summed E-state index contributed by atoms with van der Waals surface area (Å²) in [4.78, 5) is 18.5. The first-order valence-electron chi connectivity index (χ1n) is 10.1. The number of rotatable bonds is 6. The van der Waals surface area contributed by atoms with E-state index in [4.69, 9.17) is 4.74 Å². The highest BCUT2D eigenvalue weighted by molar-refractivity contribution is 14.0. The maximum absolute atomic E-state index is 12.3. The van der Waals surface area contributed by atoms with Gasteiger partial charge in [-0.3, -0.25) is 9.79 Å². The first-order chi connectivity index (χ1) is 13.2. The highest BCUT2D eigenvalue weighted by Crippen LogP contribution is 2.41. The van der Waals surface area contributed by atoms with Crippen molar-refractivity contribution in [1.29, 1.82) is 0 Å². The standard InChI is InChI=1S/C22H36N4O2.HI/c1-21(2,3)25-19(27)15-26(5)20(23-4)24-16-22(12-7-8-13-22)17-10-9-11-18(14-17)28-6;/h9-11,14H,7-8,12-13,15-16H2,1-6H3,(H,23,24)(H,25,27);1H. The Labute approximate surface area is 192 Å². The lowest BCUT2D eigenvalue weighted by molar-refractivity contribution is -0.122. The molecule has 1 aromatic rings. The molecule has 0 unspecified atom stereocenters. The molecule has 29 heavy (non-hydrogen) atoms. The highest BCUT2D eigenvalue weighted by atomic mass is 127. The summed E-state index contributed by atoms with van der Waals surface area (Å²) in [7, 11) is 5.36. The Morgan fingerprint density at radius 1 is 1.28 bits per heavy atom. The maximum Gasteiger partial charge on any atom is 0.240 e. The van der Waals surface area contributed by atoms with Crippen LogP contribution in [0.15, 0.2) is 29.3 Å². The Morgan fingerprint density at radius 2 is 1.93 bits per heavy atom. The number of aliphatic imine (C=N–C) groups is 1. The number of hydrogen-bond acceptors (Lipinski definition) is 3. The van der Waals surface area contributed by atoms with E-state index in [0.29, 0.717) is 0 Å². The molecule has 0 saturated heterocycles. The molecule has 1 amide bonds. The zero-order chi connectivity index (χ0) is 20.8. The molecule has 0 atom stereocenters. The first-order valence-corrected chi connectivity index (χ1v) is 10.1. The van der Waals surface area contributed by atoms with Crippen molar-refractivity contribution in [2.75, 3.05) is 34.3 Å². The lowest BCUT2D eigenvalue weighted by Gasteiger charge is -2.32. The molecule has 1 saturated carbocycles. The average molecular weight is 516 g/mol. The van der Waals surface area contributed by atoms with E-state index in [1.165, 1.54) is 18.4 Å². The van der Waals surface area contributed by atoms with Gasteiger partial charge in [-0.25, -0.2) is 0 Å². The molecule has 0 aromatic heterocycles. The number of carbonyl (C=O) groups excluding carboxylic acids is 1. The summed E-state index contributed by atoms with van der Waals surface area (Å²) in [5.41, 5.74) is 1.13. The van der Waals surface area contributed by atoms with Gasteiger partial charge in [-0.05, 0) is 51.3 Å². The minimum atomic E-state index is -0.241. The molecular formula is C22H37IN4O2. The molecular weight excluding hydrogens is 479 g/mol. The molecule has 0 heterocycles. The van der Waals surface area contributed by atoms with Crippen molar-refractivity contribution >= 4 is 35.8 Å². The summed E-state index contributed by atoms with van der Waals surface area (Å²) in [5, 5.41) is 6.51. The number of ether oxygens (including phenoxy) is 1. The zero-order valence-corrected chi connectivity index (χ0v) is 21.0. The molecule has 1 aromatic carbocycles. The van der Waals surface area contributed by atoms with Crippen molar-refractivity contribution in [3.05, 3.63) is 29.8 Å². The summed E-state index contributed by atoms with van der Waals surface area (Å²) in [6.07, 6.45) is 4.72. The smallest absolute Gasteiger partial charge is 0.240 e. The van der Waals surface area contributed by atoms with Crippen LogP contribution in [0, 0.1) is 0 Å². The SMILES string of the molecule is CN=C(NCC1(c2cccc(OC)c2)CCCC1)N(C)CC(=O)NC(C)(C)C.I. The van der Waals surface area contributed by atoms with Gasteiger partial charge in [-0.2, -0.15) is 0 Å². The lowest BCUT2D eigenvalue weighted by atomic mass is 9.78. The van der Waals surface area contributed by atoms with Gasteiger partial charge in [0.05, 0.1) is 13.7 Å². The van der Waals surface area contributed by atoms with Gasteiger partial charge in [0, 0.05) is 31.6 Å². The lowest BCUT2D eigenvalue weighted by Crippen LogP contribution is -2.50. The third-order valence-corrected chi connectivity index (χ3v) is 5.30. The number of methoxy groups -OCH3 is 1. The van der Waals surface area contributed by atoms with Crippen molar-refractivity contribution in [2.24, 2.45) is 4.99 Å². The summed E-state index contributed by atoms with van der Waals surface area (Å²) in [6.45, 7) is 7.00. The van der Waals surface area contributed by atoms with Gasteiger partial charge in [0.2, 0.25) is 5.91 Å². The van der Waals surface area contributed by atoms with Crippen LogP contribution in [0.2, 0.25) is 0 Å². The number of benzene rings is 1. The Hall–Kier alpha value is -1.51. The van der Waals surface area contributed by atoms with Gasteiger partial charge in [-0.15, -0.1) is 24.0 Å². The second-order valence-corrected chi connectivity index (χ2v) is 8.77. The van der Waals surface area contributed by atoms with Crippen molar-refractivity contribution in [1.82, 2.24) is 15.5 Å². The number of nitrogens with one attached hydrogen (secondary N) is 2. The quantitative estimate of drug-likeness (QED) is 0.345. The molecule has 1 aliphatic carbocycles. The van der Waals surface area contributed by atoms with E-state index in [-0.39, 0.29) is 47.4 Å². The second kappa shape index (κ2) is 11.0. The van der Waals surface area contributed by atoms with Crippen LogP contribution < -0.4 is 15.4 Å². The minimum Gasteiger partial charge on any atom is -0.497 e. The maximum atomic E-state index is 12.3. The van der Waals surface area contributed by atoms with Crippen molar-refractivity contribution in [3.63, 3.8) is 0 Å². The zero-order valence-electron chi connectivity index (χ0n) is 18.7. The van der Waals surface area contributed by atoms with Crippen LogP contribution in [0.1, 0.15) is 52.0 Å². The number of guanidine groups is 1. The molecule has 6 nitrogen and oxygen atoms in total. The molecule has 1 aliphatic rings. The molecule has 164 valence electrons. The van der Waals surface area contributed by atoms with Gasteiger partial charge in [0.25, 0.3) is 0 Å². The van der Waals surface area contributed by atoms with Gasteiger partial charge >= 0.3 is 0 Å². The fourth-order valence-corrected chi connectivity index (χ4v) is 3.95. The fraction of sp³-hybridized carbons (Fsp3) is 0.636. The molecule has 0 spiro atoms. The number of halogens is 1. The van der Waals surface area contributed by atoms with Crippen molar-refractivity contribution < 1.29 is 9.53 Å². The molecule has 1 fully saturated rings. The number of nitrogens with zero attached hydrogens (tertiary/aromatic N) is 2. The first kappa shape index (κ1) is 25.5. The topological polar surface area (TPSA) is 66.0 Å². The normalized spacial score (nSPS) is 16.0. The molecule has 0 radical (unpaired) electrons. The minimum absolute atomic E-state index is 0. The number of amides is 1. The van der Waals surface area contributed by atoms with E-state index < -0.39 is 0 Å². The van der Waals surface area contributed by atoms with Crippen LogP contribution in [0.5, 0.6) is 5.75 Å².